The fourth-order valence-electron chi connectivity index (χ4n) is 6.00. The lowest BCUT2D eigenvalue weighted by molar-refractivity contribution is 0.356. The van der Waals surface area contributed by atoms with Crippen molar-refractivity contribution in [3.8, 4) is 11.5 Å². The van der Waals surface area contributed by atoms with Gasteiger partial charge in [0, 0.05) is 36.6 Å². The number of rotatable bonds is 14. The molecule has 5 rings (SSSR count). The van der Waals surface area contributed by atoms with Crippen molar-refractivity contribution in [1.29, 1.82) is 0 Å². The number of piperidine rings is 1. The molecule has 1 aliphatic carbocycles. The molecule has 2 heterocycles. The van der Waals surface area contributed by atoms with Gasteiger partial charge in [0.2, 0.25) is 5.95 Å². The summed E-state index contributed by atoms with van der Waals surface area (Å²) in [4.78, 5) is 9.71. The summed E-state index contributed by atoms with van der Waals surface area (Å²) in [5.41, 5.74) is 3.30. The molecule has 228 valence electrons. The molecule has 1 aromatic heterocycles. The SMILES string of the molecule is COc1cc2nc(NCc3ccc(CNCCCNC4CCCCCC4)cc3)nc(NC3CCNCC3)c2cc1OC. The molecular weight excluding hydrogens is 526 g/mol. The molecule has 0 atom stereocenters. The number of fused-ring (bicyclic) bond motifs is 1. The van der Waals surface area contributed by atoms with Crippen molar-refractivity contribution < 1.29 is 9.47 Å². The number of hydrogen-bond donors (Lipinski definition) is 5. The van der Waals surface area contributed by atoms with Gasteiger partial charge in [-0.05, 0) is 75.5 Å². The van der Waals surface area contributed by atoms with Crippen LogP contribution in [0, 0.1) is 0 Å². The first-order valence-electron chi connectivity index (χ1n) is 15.9. The Bertz CT molecular complexity index is 1240. The number of nitrogens with zero attached hydrogens (tertiary/aromatic N) is 2. The standard InChI is InChI=1S/C33H49N7O2/c1-41-30-20-28-29(21-31(30)42-2)39-33(40-32(28)38-27-14-18-34-19-15-27)37-23-25-12-10-24(11-13-25)22-35-16-7-17-36-26-8-5-3-4-6-9-26/h10-13,20-21,26-27,34-36H,3-9,14-19,22-23H2,1-2H3,(H2,37,38,39,40). The van der Waals surface area contributed by atoms with E-state index in [1.807, 2.05) is 12.1 Å². The first-order chi connectivity index (χ1) is 20.7. The van der Waals surface area contributed by atoms with E-state index in [0.29, 0.717) is 30.0 Å². The topological polar surface area (TPSA) is 104 Å². The molecule has 0 amide bonds. The Morgan fingerprint density at radius 2 is 1.48 bits per heavy atom. The van der Waals surface area contributed by atoms with Crippen molar-refractivity contribution in [3.05, 3.63) is 47.5 Å². The van der Waals surface area contributed by atoms with Crippen molar-refractivity contribution in [3.63, 3.8) is 0 Å². The Morgan fingerprint density at radius 3 is 2.19 bits per heavy atom. The van der Waals surface area contributed by atoms with Crippen molar-refractivity contribution in [2.45, 2.75) is 83.0 Å². The molecule has 2 fully saturated rings. The van der Waals surface area contributed by atoms with E-state index in [1.54, 1.807) is 14.2 Å². The van der Waals surface area contributed by atoms with Crippen LogP contribution >= 0.6 is 0 Å². The predicted molar refractivity (Wildman–Crippen MR) is 172 cm³/mol. The molecule has 0 radical (unpaired) electrons. The molecule has 1 saturated heterocycles. The molecule has 1 aliphatic heterocycles. The molecule has 9 nitrogen and oxygen atoms in total. The number of benzene rings is 2. The van der Waals surface area contributed by atoms with E-state index >= 15 is 0 Å². The Morgan fingerprint density at radius 1 is 0.786 bits per heavy atom. The van der Waals surface area contributed by atoms with Gasteiger partial charge in [0.25, 0.3) is 0 Å². The highest BCUT2D eigenvalue weighted by atomic mass is 16.5. The Hall–Kier alpha value is -3.14. The zero-order chi connectivity index (χ0) is 29.0. The van der Waals surface area contributed by atoms with Gasteiger partial charge in [-0.25, -0.2) is 4.98 Å². The van der Waals surface area contributed by atoms with Crippen molar-refractivity contribution >= 4 is 22.7 Å². The third-order valence-corrected chi connectivity index (χ3v) is 8.50. The van der Waals surface area contributed by atoms with Crippen molar-refractivity contribution in [2.24, 2.45) is 0 Å². The van der Waals surface area contributed by atoms with E-state index < -0.39 is 0 Å². The van der Waals surface area contributed by atoms with E-state index in [0.717, 1.165) is 74.7 Å². The summed E-state index contributed by atoms with van der Waals surface area (Å²) < 4.78 is 11.1. The van der Waals surface area contributed by atoms with Crippen LogP contribution in [0.5, 0.6) is 11.5 Å². The van der Waals surface area contributed by atoms with Gasteiger partial charge in [-0.2, -0.15) is 4.98 Å². The van der Waals surface area contributed by atoms with Gasteiger partial charge in [0.1, 0.15) is 5.82 Å². The molecular formula is C33H49N7O2. The highest BCUT2D eigenvalue weighted by molar-refractivity contribution is 5.92. The lowest BCUT2D eigenvalue weighted by Gasteiger charge is -2.25. The summed E-state index contributed by atoms with van der Waals surface area (Å²) in [7, 11) is 3.30. The van der Waals surface area contributed by atoms with Gasteiger partial charge in [0.15, 0.2) is 11.5 Å². The molecule has 0 unspecified atom stereocenters. The van der Waals surface area contributed by atoms with Crippen LogP contribution in [0.1, 0.15) is 68.9 Å². The van der Waals surface area contributed by atoms with Gasteiger partial charge in [0.05, 0.1) is 19.7 Å². The molecule has 2 aromatic carbocycles. The second kappa shape index (κ2) is 15.9. The summed E-state index contributed by atoms with van der Waals surface area (Å²) in [6, 6.07) is 13.8. The number of nitrogens with one attached hydrogen (secondary N) is 5. The fraction of sp³-hybridized carbons (Fsp3) is 0.576. The highest BCUT2D eigenvalue weighted by Gasteiger charge is 2.18. The van der Waals surface area contributed by atoms with Crippen LogP contribution in [0.4, 0.5) is 11.8 Å². The first kappa shape index (κ1) is 30.3. The van der Waals surface area contributed by atoms with Crippen LogP contribution < -0.4 is 36.1 Å². The van der Waals surface area contributed by atoms with Gasteiger partial charge in [-0.1, -0.05) is 49.9 Å². The molecule has 5 N–H and O–H groups in total. The molecule has 2 aliphatic rings. The lowest BCUT2D eigenvalue weighted by atomic mass is 10.1. The van der Waals surface area contributed by atoms with Gasteiger partial charge in [-0.3, -0.25) is 0 Å². The van der Waals surface area contributed by atoms with Gasteiger partial charge in [-0.15, -0.1) is 0 Å². The zero-order valence-corrected chi connectivity index (χ0v) is 25.4. The van der Waals surface area contributed by atoms with E-state index in [-0.39, 0.29) is 0 Å². The number of methoxy groups -OCH3 is 2. The third-order valence-electron chi connectivity index (χ3n) is 8.50. The van der Waals surface area contributed by atoms with E-state index in [1.165, 1.54) is 49.7 Å². The second-order valence-electron chi connectivity index (χ2n) is 11.6. The highest BCUT2D eigenvalue weighted by Crippen LogP contribution is 2.35. The minimum Gasteiger partial charge on any atom is -0.493 e. The van der Waals surface area contributed by atoms with Gasteiger partial charge < -0.3 is 36.1 Å². The fourth-order valence-corrected chi connectivity index (χ4v) is 6.00. The number of hydrogen-bond acceptors (Lipinski definition) is 9. The molecule has 9 heteroatoms. The van der Waals surface area contributed by atoms with E-state index in [9.17, 15) is 0 Å². The molecule has 42 heavy (non-hydrogen) atoms. The molecule has 0 bridgehead atoms. The zero-order valence-electron chi connectivity index (χ0n) is 25.4. The monoisotopic (exact) mass is 575 g/mol. The van der Waals surface area contributed by atoms with Crippen molar-refractivity contribution in [2.75, 3.05) is 51.0 Å². The largest absolute Gasteiger partial charge is 0.493 e. The normalized spacial score (nSPS) is 16.7. The number of ether oxygens (including phenoxy) is 2. The van der Waals surface area contributed by atoms with Crippen LogP contribution in [0.3, 0.4) is 0 Å². The maximum atomic E-state index is 5.56. The van der Waals surface area contributed by atoms with Crippen molar-refractivity contribution in [1.82, 2.24) is 25.9 Å². The van der Waals surface area contributed by atoms with E-state index in [2.05, 4.69) is 50.8 Å². The van der Waals surface area contributed by atoms with Crippen LogP contribution in [0.25, 0.3) is 10.9 Å². The van der Waals surface area contributed by atoms with Crippen LogP contribution in [0.2, 0.25) is 0 Å². The average molecular weight is 576 g/mol. The van der Waals surface area contributed by atoms with Crippen LogP contribution in [-0.2, 0) is 13.1 Å². The summed E-state index contributed by atoms with van der Waals surface area (Å²) in [6.07, 6.45) is 11.6. The number of aromatic nitrogens is 2. The Labute approximate surface area is 251 Å². The molecule has 0 spiro atoms. The summed E-state index contributed by atoms with van der Waals surface area (Å²) >= 11 is 0. The number of anilines is 2. The predicted octanol–water partition coefficient (Wildman–Crippen LogP) is 5.22. The Kier molecular flexibility index (Phi) is 11.5. The lowest BCUT2D eigenvalue weighted by Crippen LogP contribution is -2.35. The third kappa shape index (κ3) is 8.69. The minimum atomic E-state index is 0.365. The first-order valence-corrected chi connectivity index (χ1v) is 15.9. The smallest absolute Gasteiger partial charge is 0.225 e. The summed E-state index contributed by atoms with van der Waals surface area (Å²) in [5, 5.41) is 18.8. The average Bonchev–Trinajstić information content (AvgIpc) is 3.31. The maximum absolute atomic E-state index is 5.56. The minimum absolute atomic E-state index is 0.365. The molecule has 1 saturated carbocycles. The second-order valence-corrected chi connectivity index (χ2v) is 11.6. The van der Waals surface area contributed by atoms with Crippen LogP contribution in [-0.4, -0.2) is 62.5 Å². The van der Waals surface area contributed by atoms with E-state index in [4.69, 9.17) is 19.4 Å². The molecule has 3 aromatic rings. The Balaban J connectivity index is 1.14. The quantitative estimate of drug-likeness (QED) is 0.131. The van der Waals surface area contributed by atoms with Crippen LogP contribution in [0.15, 0.2) is 36.4 Å². The maximum Gasteiger partial charge on any atom is 0.225 e. The summed E-state index contributed by atoms with van der Waals surface area (Å²) in [5.74, 6) is 2.74. The summed E-state index contributed by atoms with van der Waals surface area (Å²) in [6.45, 7) is 5.69. The van der Waals surface area contributed by atoms with Gasteiger partial charge >= 0.3 is 0 Å².